The van der Waals surface area contributed by atoms with Gasteiger partial charge in [-0.1, -0.05) is 115 Å². The standard InChI is InChI=1S/C44H26N4/c1-46-30-22-24-39-38-17-7-11-21-43(38)48(44(39)27-30)42-20-10-4-14-35(42)34-13-3-2-12-33(34)32-25-23-31(26-29(32)28-45)47-40-18-8-5-15-36(40)37-16-6-9-19-41(37)47/h2-27H. The van der Waals surface area contributed by atoms with Crippen LogP contribution in [0.15, 0.2) is 158 Å². The maximum atomic E-state index is 10.6. The van der Waals surface area contributed by atoms with Crippen molar-refractivity contribution in [1.82, 2.24) is 9.13 Å². The summed E-state index contributed by atoms with van der Waals surface area (Å²) in [5.74, 6) is 0. The van der Waals surface area contributed by atoms with E-state index in [9.17, 15) is 5.26 Å². The molecule has 0 radical (unpaired) electrons. The summed E-state index contributed by atoms with van der Waals surface area (Å²) in [6.07, 6.45) is 0. The van der Waals surface area contributed by atoms with Gasteiger partial charge in [-0.3, -0.25) is 0 Å². The molecule has 4 nitrogen and oxygen atoms in total. The monoisotopic (exact) mass is 610 g/mol. The Hall–Kier alpha value is -6.88. The summed E-state index contributed by atoms with van der Waals surface area (Å²) in [5, 5.41) is 15.2. The number of rotatable bonds is 4. The van der Waals surface area contributed by atoms with Crippen LogP contribution in [0.25, 0.3) is 82.1 Å². The van der Waals surface area contributed by atoms with Gasteiger partial charge in [-0.15, -0.1) is 0 Å². The molecule has 0 fully saturated rings. The first kappa shape index (κ1) is 27.4. The highest BCUT2D eigenvalue weighted by atomic mass is 15.0. The van der Waals surface area contributed by atoms with Crippen molar-refractivity contribution in [3.63, 3.8) is 0 Å². The van der Waals surface area contributed by atoms with Crippen molar-refractivity contribution in [2.75, 3.05) is 0 Å². The van der Waals surface area contributed by atoms with Crippen molar-refractivity contribution in [3.05, 3.63) is 175 Å². The Morgan fingerprint density at radius 1 is 0.458 bits per heavy atom. The van der Waals surface area contributed by atoms with E-state index in [0.29, 0.717) is 11.3 Å². The van der Waals surface area contributed by atoms with Crippen molar-refractivity contribution < 1.29 is 0 Å². The van der Waals surface area contributed by atoms with Gasteiger partial charge in [0.2, 0.25) is 0 Å². The van der Waals surface area contributed by atoms with E-state index in [1.165, 1.54) is 10.8 Å². The Balaban J connectivity index is 1.26. The topological polar surface area (TPSA) is 38.0 Å². The molecule has 222 valence electrons. The zero-order chi connectivity index (χ0) is 32.2. The summed E-state index contributed by atoms with van der Waals surface area (Å²) in [6.45, 7) is 7.70. The van der Waals surface area contributed by atoms with Crippen LogP contribution in [0, 0.1) is 17.9 Å². The molecule has 48 heavy (non-hydrogen) atoms. The molecule has 0 amide bonds. The van der Waals surface area contributed by atoms with Crippen LogP contribution in [0.2, 0.25) is 0 Å². The number of para-hydroxylation sites is 4. The lowest BCUT2D eigenvalue weighted by Crippen LogP contribution is -1.99. The van der Waals surface area contributed by atoms with Gasteiger partial charge in [0.25, 0.3) is 0 Å². The summed E-state index contributed by atoms with van der Waals surface area (Å²) in [5.41, 5.74) is 11.4. The first-order valence-electron chi connectivity index (χ1n) is 15.9. The number of nitrogens with zero attached hydrogens (tertiary/aromatic N) is 4. The molecule has 0 aliphatic rings. The minimum absolute atomic E-state index is 0.603. The lowest BCUT2D eigenvalue weighted by Gasteiger charge is -2.18. The van der Waals surface area contributed by atoms with Crippen LogP contribution < -0.4 is 0 Å². The summed E-state index contributed by atoms with van der Waals surface area (Å²) in [4.78, 5) is 3.74. The third kappa shape index (κ3) is 4.07. The molecule has 0 bridgehead atoms. The normalized spacial score (nSPS) is 11.3. The van der Waals surface area contributed by atoms with Gasteiger partial charge < -0.3 is 9.13 Å². The first-order valence-corrected chi connectivity index (χ1v) is 15.9. The van der Waals surface area contributed by atoms with Gasteiger partial charge in [-0.2, -0.15) is 5.26 Å². The van der Waals surface area contributed by atoms with E-state index < -0.39 is 0 Å². The van der Waals surface area contributed by atoms with Crippen molar-refractivity contribution >= 4 is 49.3 Å². The predicted octanol–water partition coefficient (Wildman–Crippen LogP) is 11.6. The van der Waals surface area contributed by atoms with Crippen molar-refractivity contribution in [2.45, 2.75) is 0 Å². The molecule has 0 saturated carbocycles. The van der Waals surface area contributed by atoms with Crippen LogP contribution >= 0.6 is 0 Å². The van der Waals surface area contributed by atoms with E-state index in [1.54, 1.807) is 0 Å². The summed E-state index contributed by atoms with van der Waals surface area (Å²) in [6, 6.07) is 56.6. The smallest absolute Gasteiger partial charge is 0.189 e. The van der Waals surface area contributed by atoms with Crippen LogP contribution in [-0.4, -0.2) is 9.13 Å². The Labute approximate surface area is 277 Å². The highest BCUT2D eigenvalue weighted by molar-refractivity contribution is 6.11. The number of benzene rings is 7. The Morgan fingerprint density at radius 3 is 1.60 bits per heavy atom. The summed E-state index contributed by atoms with van der Waals surface area (Å²) >= 11 is 0. The average Bonchev–Trinajstić information content (AvgIpc) is 3.67. The number of nitriles is 1. The van der Waals surface area contributed by atoms with E-state index >= 15 is 0 Å². The highest BCUT2D eigenvalue weighted by Gasteiger charge is 2.19. The molecule has 0 aliphatic carbocycles. The molecule has 0 N–H and O–H groups in total. The van der Waals surface area contributed by atoms with Gasteiger partial charge in [0.05, 0.1) is 40.4 Å². The third-order valence-electron chi connectivity index (χ3n) is 9.40. The van der Waals surface area contributed by atoms with Crippen molar-refractivity contribution in [1.29, 1.82) is 5.26 Å². The quantitative estimate of drug-likeness (QED) is 0.183. The minimum Gasteiger partial charge on any atom is -0.310 e. The van der Waals surface area contributed by atoms with E-state index in [1.807, 2.05) is 24.3 Å². The SMILES string of the molecule is [C-]#[N+]c1ccc2c3ccccc3n(-c3ccccc3-c3ccccc3-c3ccc(-n4c5ccccc5c5ccccc54)cc3C#N)c2c1. The largest absolute Gasteiger partial charge is 0.310 e. The Morgan fingerprint density at radius 2 is 0.979 bits per heavy atom. The molecule has 0 atom stereocenters. The maximum absolute atomic E-state index is 10.6. The molecular formula is C44H26N4. The molecule has 9 aromatic rings. The van der Waals surface area contributed by atoms with Gasteiger partial charge >= 0.3 is 0 Å². The van der Waals surface area contributed by atoms with E-state index in [4.69, 9.17) is 6.57 Å². The molecule has 7 aromatic carbocycles. The number of hydrogen-bond donors (Lipinski definition) is 0. The van der Waals surface area contributed by atoms with Crippen LogP contribution in [0.5, 0.6) is 0 Å². The predicted molar refractivity (Wildman–Crippen MR) is 197 cm³/mol. The molecule has 2 heterocycles. The van der Waals surface area contributed by atoms with Crippen molar-refractivity contribution in [2.24, 2.45) is 0 Å². The lowest BCUT2D eigenvalue weighted by atomic mass is 9.91. The fourth-order valence-electron chi connectivity index (χ4n) is 7.34. The minimum atomic E-state index is 0.603. The van der Waals surface area contributed by atoms with Crippen LogP contribution in [0.3, 0.4) is 0 Å². The maximum Gasteiger partial charge on any atom is 0.189 e. The zero-order valence-corrected chi connectivity index (χ0v) is 25.8. The van der Waals surface area contributed by atoms with Gasteiger partial charge in [-0.25, -0.2) is 4.85 Å². The van der Waals surface area contributed by atoms with E-state index in [2.05, 4.69) is 154 Å². The fourth-order valence-corrected chi connectivity index (χ4v) is 7.34. The molecule has 0 saturated heterocycles. The van der Waals surface area contributed by atoms with E-state index in [0.717, 1.165) is 66.5 Å². The second kappa shape index (κ2) is 10.9. The second-order valence-corrected chi connectivity index (χ2v) is 11.9. The zero-order valence-electron chi connectivity index (χ0n) is 25.8. The summed E-state index contributed by atoms with van der Waals surface area (Å²) < 4.78 is 4.51. The molecule has 0 spiro atoms. The number of hydrogen-bond acceptors (Lipinski definition) is 1. The highest BCUT2D eigenvalue weighted by Crippen LogP contribution is 2.41. The molecule has 0 aliphatic heterocycles. The fraction of sp³-hybridized carbons (Fsp3) is 0. The van der Waals surface area contributed by atoms with Crippen LogP contribution in [-0.2, 0) is 0 Å². The average molecular weight is 611 g/mol. The van der Waals surface area contributed by atoms with Gasteiger partial charge in [0.1, 0.15) is 0 Å². The van der Waals surface area contributed by atoms with Gasteiger partial charge in [0.15, 0.2) is 5.69 Å². The molecular weight excluding hydrogens is 585 g/mol. The molecule has 0 unspecified atom stereocenters. The second-order valence-electron chi connectivity index (χ2n) is 11.9. The number of aromatic nitrogens is 2. The molecule has 2 aromatic heterocycles. The number of fused-ring (bicyclic) bond motifs is 6. The lowest BCUT2D eigenvalue weighted by molar-refractivity contribution is 1.18. The van der Waals surface area contributed by atoms with Gasteiger partial charge in [-0.05, 0) is 53.6 Å². The van der Waals surface area contributed by atoms with Crippen LogP contribution in [0.1, 0.15) is 5.56 Å². The molecule has 4 heteroatoms. The van der Waals surface area contributed by atoms with Crippen LogP contribution in [0.4, 0.5) is 5.69 Å². The van der Waals surface area contributed by atoms with E-state index in [-0.39, 0.29) is 0 Å². The summed E-state index contributed by atoms with van der Waals surface area (Å²) in [7, 11) is 0. The Bertz CT molecular complexity index is 2760. The third-order valence-corrected chi connectivity index (χ3v) is 9.40. The van der Waals surface area contributed by atoms with Crippen molar-refractivity contribution in [3.8, 4) is 39.7 Å². The molecule has 9 rings (SSSR count). The van der Waals surface area contributed by atoms with Gasteiger partial charge in [0, 0.05) is 43.9 Å². The Kier molecular flexibility index (Phi) is 6.22. The first-order chi connectivity index (χ1) is 23.7.